The minimum absolute atomic E-state index is 0.112. The monoisotopic (exact) mass is 467 g/mol. The molecule has 0 N–H and O–H groups in total. The summed E-state index contributed by atoms with van der Waals surface area (Å²) in [6.45, 7) is 3.39. The van der Waals surface area contributed by atoms with Gasteiger partial charge in [0.15, 0.2) is 4.80 Å². The van der Waals surface area contributed by atoms with E-state index in [0.717, 1.165) is 11.3 Å². The molecule has 0 fully saturated rings. The number of hydrogen-bond acceptors (Lipinski definition) is 7. The van der Waals surface area contributed by atoms with Crippen molar-refractivity contribution >= 4 is 29.1 Å². The Balaban J connectivity index is 1.98. The van der Waals surface area contributed by atoms with Gasteiger partial charge in [0, 0.05) is 12.1 Å². The number of halogens is 1. The molecule has 33 heavy (non-hydrogen) atoms. The fraction of sp³-hybridized carbons (Fsp3) is 0.174. The van der Waals surface area contributed by atoms with Crippen LogP contribution in [0, 0.1) is 15.9 Å². The number of rotatable bonds is 5. The Hall–Kier alpha value is -3.92. The number of allylic oxidation sites excluding steroid dienone is 1. The van der Waals surface area contributed by atoms with Gasteiger partial charge >= 0.3 is 5.97 Å². The maximum absolute atomic E-state index is 13.6. The summed E-state index contributed by atoms with van der Waals surface area (Å²) in [6, 6.07) is 10.6. The van der Waals surface area contributed by atoms with Crippen molar-refractivity contribution in [3.05, 3.63) is 107 Å². The van der Waals surface area contributed by atoms with Crippen molar-refractivity contribution in [2.45, 2.75) is 19.9 Å². The highest BCUT2D eigenvalue weighted by Gasteiger charge is 2.34. The van der Waals surface area contributed by atoms with Gasteiger partial charge < -0.3 is 4.74 Å². The second-order valence-corrected chi connectivity index (χ2v) is 8.22. The molecule has 0 bridgehead atoms. The lowest BCUT2D eigenvalue weighted by Crippen LogP contribution is -2.40. The predicted octanol–water partition coefficient (Wildman–Crippen LogP) is 2.85. The summed E-state index contributed by atoms with van der Waals surface area (Å²) >= 11 is 1.09. The molecule has 1 aliphatic rings. The van der Waals surface area contributed by atoms with Crippen LogP contribution in [0.15, 0.2) is 69.6 Å². The number of nitro groups is 1. The van der Waals surface area contributed by atoms with Crippen LogP contribution in [0.4, 0.5) is 10.1 Å². The number of benzene rings is 2. The van der Waals surface area contributed by atoms with Crippen LogP contribution < -0.4 is 14.9 Å². The number of aromatic nitrogens is 1. The van der Waals surface area contributed by atoms with Crippen LogP contribution in [-0.2, 0) is 9.53 Å². The number of hydrogen-bond donors (Lipinski definition) is 0. The van der Waals surface area contributed by atoms with E-state index in [1.165, 1.54) is 41.0 Å². The van der Waals surface area contributed by atoms with E-state index in [1.54, 1.807) is 32.1 Å². The van der Waals surface area contributed by atoms with Crippen LogP contribution in [0.1, 0.15) is 31.0 Å². The lowest BCUT2D eigenvalue weighted by Gasteiger charge is -2.24. The molecule has 0 amide bonds. The average molecular weight is 467 g/mol. The Bertz CT molecular complexity index is 1490. The number of nitro benzene ring substituents is 1. The molecule has 8 nitrogen and oxygen atoms in total. The third-order valence-electron chi connectivity index (χ3n) is 5.06. The van der Waals surface area contributed by atoms with E-state index in [1.807, 2.05) is 0 Å². The Morgan fingerprint density at radius 1 is 1.30 bits per heavy atom. The number of non-ortho nitro benzene ring substituents is 1. The summed E-state index contributed by atoms with van der Waals surface area (Å²) in [5, 5.41) is 11.3. The van der Waals surface area contributed by atoms with Gasteiger partial charge in [-0.15, -0.1) is 0 Å². The van der Waals surface area contributed by atoms with Crippen molar-refractivity contribution < 1.29 is 18.8 Å². The van der Waals surface area contributed by atoms with E-state index in [4.69, 9.17) is 4.74 Å². The molecule has 2 aromatic carbocycles. The quantitative estimate of drug-likeness (QED) is 0.326. The van der Waals surface area contributed by atoms with Gasteiger partial charge in [0.25, 0.3) is 11.2 Å². The molecule has 10 heteroatoms. The summed E-state index contributed by atoms with van der Waals surface area (Å²) in [5.74, 6) is -1.10. The minimum Gasteiger partial charge on any atom is -0.463 e. The molecule has 0 saturated heterocycles. The smallest absolute Gasteiger partial charge is 0.338 e. The standard InChI is InChI=1S/C23H18FN3O5S/c1-3-32-22(29)19-13(2)25-23-26(20(19)15-7-5-9-17(12-15)27(30)31)21(28)18(33-23)11-14-6-4-8-16(24)10-14/h4-12,20H,3H2,1-2H3/b18-11-. The Morgan fingerprint density at radius 3 is 2.76 bits per heavy atom. The van der Waals surface area contributed by atoms with Crippen molar-refractivity contribution in [2.75, 3.05) is 6.61 Å². The van der Waals surface area contributed by atoms with Crippen LogP contribution in [0.2, 0.25) is 0 Å². The highest BCUT2D eigenvalue weighted by Crippen LogP contribution is 2.32. The summed E-state index contributed by atoms with van der Waals surface area (Å²) in [7, 11) is 0. The summed E-state index contributed by atoms with van der Waals surface area (Å²) in [4.78, 5) is 41.8. The van der Waals surface area contributed by atoms with Gasteiger partial charge in [-0.05, 0) is 43.2 Å². The Kier molecular flexibility index (Phi) is 6.01. The fourth-order valence-corrected chi connectivity index (χ4v) is 4.71. The number of thiazole rings is 1. The lowest BCUT2D eigenvalue weighted by molar-refractivity contribution is -0.384. The van der Waals surface area contributed by atoms with E-state index < -0.39 is 28.3 Å². The van der Waals surface area contributed by atoms with E-state index in [-0.39, 0.29) is 22.4 Å². The molecule has 0 spiro atoms. The number of nitrogens with zero attached hydrogens (tertiary/aromatic N) is 3. The molecule has 2 heterocycles. The van der Waals surface area contributed by atoms with Gasteiger partial charge in [-0.1, -0.05) is 35.6 Å². The zero-order valence-corrected chi connectivity index (χ0v) is 18.5. The molecular weight excluding hydrogens is 449 g/mol. The van der Waals surface area contributed by atoms with Gasteiger partial charge in [0.05, 0.1) is 33.4 Å². The maximum atomic E-state index is 13.6. The van der Waals surface area contributed by atoms with Gasteiger partial charge in [-0.2, -0.15) is 0 Å². The third kappa shape index (κ3) is 4.24. The van der Waals surface area contributed by atoms with Crippen molar-refractivity contribution in [2.24, 2.45) is 4.99 Å². The molecule has 0 aliphatic carbocycles. The summed E-state index contributed by atoms with van der Waals surface area (Å²) < 4.78 is 20.4. The van der Waals surface area contributed by atoms with E-state index in [0.29, 0.717) is 21.6 Å². The fourth-order valence-electron chi connectivity index (χ4n) is 3.66. The van der Waals surface area contributed by atoms with E-state index in [9.17, 15) is 24.1 Å². The first kappa shape index (κ1) is 22.3. The molecular formula is C23H18FN3O5S. The first-order chi connectivity index (χ1) is 15.8. The first-order valence-corrected chi connectivity index (χ1v) is 10.8. The lowest BCUT2D eigenvalue weighted by atomic mass is 9.95. The van der Waals surface area contributed by atoms with E-state index >= 15 is 0 Å². The molecule has 1 aliphatic heterocycles. The van der Waals surface area contributed by atoms with Crippen LogP contribution in [0.5, 0.6) is 0 Å². The van der Waals surface area contributed by atoms with Crippen LogP contribution in [-0.4, -0.2) is 22.1 Å². The van der Waals surface area contributed by atoms with Gasteiger partial charge in [-0.3, -0.25) is 19.5 Å². The Labute approximate surface area is 190 Å². The van der Waals surface area contributed by atoms with Crippen LogP contribution >= 0.6 is 11.3 Å². The predicted molar refractivity (Wildman–Crippen MR) is 120 cm³/mol. The summed E-state index contributed by atoms with van der Waals surface area (Å²) in [5.41, 5.74) is 0.722. The molecule has 3 aromatic rings. The molecule has 0 saturated carbocycles. The van der Waals surface area contributed by atoms with Crippen LogP contribution in [0.3, 0.4) is 0 Å². The topological polar surface area (TPSA) is 104 Å². The second kappa shape index (κ2) is 8.91. The number of fused-ring (bicyclic) bond motifs is 1. The number of carbonyl (C=O) groups excluding carboxylic acids is 1. The minimum atomic E-state index is -0.963. The Morgan fingerprint density at radius 2 is 2.06 bits per heavy atom. The third-order valence-corrected chi connectivity index (χ3v) is 6.04. The van der Waals surface area contributed by atoms with Gasteiger partial charge in [0.1, 0.15) is 5.82 Å². The van der Waals surface area contributed by atoms with Crippen molar-refractivity contribution in [1.29, 1.82) is 0 Å². The van der Waals surface area contributed by atoms with Gasteiger partial charge in [0.2, 0.25) is 0 Å². The molecule has 4 rings (SSSR count). The van der Waals surface area contributed by atoms with Gasteiger partial charge in [-0.25, -0.2) is 14.2 Å². The van der Waals surface area contributed by atoms with E-state index in [2.05, 4.69) is 4.99 Å². The molecule has 0 radical (unpaired) electrons. The highest BCUT2D eigenvalue weighted by molar-refractivity contribution is 7.07. The average Bonchev–Trinajstić information content (AvgIpc) is 3.07. The zero-order chi connectivity index (χ0) is 23.7. The number of esters is 1. The van der Waals surface area contributed by atoms with Crippen molar-refractivity contribution in [3.63, 3.8) is 0 Å². The first-order valence-electron chi connectivity index (χ1n) is 9.99. The number of ether oxygens (including phenoxy) is 1. The zero-order valence-electron chi connectivity index (χ0n) is 17.6. The number of carbonyl (C=O) groups is 1. The highest BCUT2D eigenvalue weighted by atomic mass is 32.1. The second-order valence-electron chi connectivity index (χ2n) is 7.21. The maximum Gasteiger partial charge on any atom is 0.338 e. The molecule has 1 atom stereocenters. The summed E-state index contributed by atoms with van der Waals surface area (Å²) in [6.07, 6.45) is 1.54. The van der Waals surface area contributed by atoms with Crippen molar-refractivity contribution in [1.82, 2.24) is 4.57 Å². The largest absolute Gasteiger partial charge is 0.463 e. The SMILES string of the molecule is CCOC(=O)C1=C(C)N=c2s/c(=C\c3cccc(F)c3)c(=O)n2C1c1cccc([N+](=O)[O-])c1. The van der Waals surface area contributed by atoms with Crippen LogP contribution in [0.25, 0.3) is 6.08 Å². The molecule has 1 unspecified atom stereocenters. The molecule has 1 aromatic heterocycles. The van der Waals surface area contributed by atoms with Crippen molar-refractivity contribution in [3.8, 4) is 0 Å². The molecule has 168 valence electrons. The normalized spacial score (nSPS) is 15.7.